The fourth-order valence-corrected chi connectivity index (χ4v) is 1.74. The number of anilines is 1. The first-order chi connectivity index (χ1) is 8.60. The Balaban J connectivity index is 2.32. The van der Waals surface area contributed by atoms with E-state index in [1.165, 1.54) is 0 Å². The molecule has 0 amide bonds. The Bertz CT molecular complexity index is 635. The summed E-state index contributed by atoms with van der Waals surface area (Å²) in [4.78, 5) is 0. The Morgan fingerprint density at radius 1 is 1.06 bits per heavy atom. The fourth-order valence-electron chi connectivity index (χ4n) is 1.38. The molecule has 0 radical (unpaired) electrons. The molecule has 0 bridgehead atoms. The third-order valence-electron chi connectivity index (χ3n) is 2.24. The van der Waals surface area contributed by atoms with Crippen LogP contribution in [-0.2, 0) is 0 Å². The zero-order valence-corrected chi connectivity index (χ0v) is 10.7. The van der Waals surface area contributed by atoms with Gasteiger partial charge in [0.25, 0.3) is 0 Å². The summed E-state index contributed by atoms with van der Waals surface area (Å²) in [7, 11) is 0. The smallest absolute Gasteiger partial charge is 0.148 e. The summed E-state index contributed by atoms with van der Waals surface area (Å²) in [6, 6.07) is 11.7. The Kier molecular flexibility index (Phi) is 3.61. The number of hydrogen-bond donors (Lipinski definition) is 1. The number of nitrogens with two attached hydrogens (primary N) is 1. The van der Waals surface area contributed by atoms with Gasteiger partial charge in [0, 0.05) is 17.8 Å². The minimum absolute atomic E-state index is 0.329. The molecule has 18 heavy (non-hydrogen) atoms. The quantitative estimate of drug-likeness (QED) is 0.836. The molecular weight excluding hydrogens is 271 g/mol. The van der Waals surface area contributed by atoms with Gasteiger partial charge in [-0.25, -0.2) is 0 Å². The first kappa shape index (κ1) is 12.6. The summed E-state index contributed by atoms with van der Waals surface area (Å²) in [5.41, 5.74) is 6.59. The molecular formula is C13H8Cl2N2O. The molecule has 0 aliphatic carbocycles. The van der Waals surface area contributed by atoms with Gasteiger partial charge in [-0.05, 0) is 24.3 Å². The molecule has 0 unspecified atom stereocenters. The predicted octanol–water partition coefficient (Wildman–Crippen LogP) is 4.24. The number of halogens is 2. The standard InChI is InChI=1S/C13H8Cl2N2O/c14-11-4-2-9(17)5-13(11)18-10-3-1-8(7-16)12(15)6-10/h1-6H,17H2. The lowest BCUT2D eigenvalue weighted by Gasteiger charge is -2.08. The van der Waals surface area contributed by atoms with Gasteiger partial charge in [-0.15, -0.1) is 0 Å². The number of hydrogen-bond acceptors (Lipinski definition) is 3. The van der Waals surface area contributed by atoms with Crippen LogP contribution in [0.5, 0.6) is 11.5 Å². The van der Waals surface area contributed by atoms with Gasteiger partial charge in [0.15, 0.2) is 0 Å². The number of rotatable bonds is 2. The molecule has 3 nitrogen and oxygen atoms in total. The second-order valence-electron chi connectivity index (χ2n) is 3.55. The van der Waals surface area contributed by atoms with Crippen molar-refractivity contribution in [1.82, 2.24) is 0 Å². The highest BCUT2D eigenvalue weighted by Crippen LogP contribution is 2.32. The van der Waals surface area contributed by atoms with Crippen LogP contribution in [0.1, 0.15) is 5.56 Å². The van der Waals surface area contributed by atoms with Gasteiger partial charge >= 0.3 is 0 Å². The number of nitriles is 1. The number of ether oxygens (including phenoxy) is 1. The highest BCUT2D eigenvalue weighted by Gasteiger charge is 2.06. The second kappa shape index (κ2) is 5.18. The first-order valence-corrected chi connectivity index (χ1v) is 5.78. The molecule has 2 aromatic rings. The molecule has 2 aromatic carbocycles. The van der Waals surface area contributed by atoms with Crippen molar-refractivity contribution >= 4 is 28.9 Å². The summed E-state index contributed by atoms with van der Waals surface area (Å²) < 4.78 is 5.56. The maximum absolute atomic E-state index is 8.77. The average molecular weight is 279 g/mol. The number of nitrogens with zero attached hydrogens (tertiary/aromatic N) is 1. The molecule has 0 atom stereocenters. The van der Waals surface area contributed by atoms with E-state index in [-0.39, 0.29) is 0 Å². The van der Waals surface area contributed by atoms with Crippen LogP contribution in [0.25, 0.3) is 0 Å². The molecule has 0 aromatic heterocycles. The minimum atomic E-state index is 0.329. The number of nitrogen functional groups attached to an aromatic ring is 1. The van der Waals surface area contributed by atoms with Gasteiger partial charge in [-0.1, -0.05) is 23.2 Å². The third-order valence-corrected chi connectivity index (χ3v) is 2.87. The third kappa shape index (κ3) is 2.67. The first-order valence-electron chi connectivity index (χ1n) is 5.02. The lowest BCUT2D eigenvalue weighted by molar-refractivity contribution is 0.483. The Morgan fingerprint density at radius 2 is 1.83 bits per heavy atom. The maximum Gasteiger partial charge on any atom is 0.148 e. The molecule has 0 heterocycles. The van der Waals surface area contributed by atoms with Crippen molar-refractivity contribution in [2.24, 2.45) is 0 Å². The van der Waals surface area contributed by atoms with Crippen molar-refractivity contribution in [3.05, 3.63) is 52.0 Å². The van der Waals surface area contributed by atoms with Gasteiger partial charge in [0.1, 0.15) is 17.6 Å². The molecule has 90 valence electrons. The van der Waals surface area contributed by atoms with E-state index in [1.807, 2.05) is 6.07 Å². The lowest BCUT2D eigenvalue weighted by Crippen LogP contribution is -1.89. The van der Waals surface area contributed by atoms with Crippen LogP contribution in [-0.4, -0.2) is 0 Å². The van der Waals surface area contributed by atoms with Crippen molar-refractivity contribution in [2.75, 3.05) is 5.73 Å². The lowest BCUT2D eigenvalue weighted by atomic mass is 10.2. The van der Waals surface area contributed by atoms with E-state index in [0.29, 0.717) is 32.8 Å². The summed E-state index contributed by atoms with van der Waals surface area (Å²) in [6.45, 7) is 0. The summed E-state index contributed by atoms with van der Waals surface area (Å²) in [6.07, 6.45) is 0. The van der Waals surface area contributed by atoms with E-state index in [4.69, 9.17) is 38.9 Å². The monoisotopic (exact) mass is 278 g/mol. The summed E-state index contributed by atoms with van der Waals surface area (Å²) >= 11 is 11.9. The van der Waals surface area contributed by atoms with Gasteiger partial charge in [-0.3, -0.25) is 0 Å². The van der Waals surface area contributed by atoms with Crippen molar-refractivity contribution in [3.8, 4) is 17.6 Å². The topological polar surface area (TPSA) is 59.0 Å². The van der Waals surface area contributed by atoms with Gasteiger partial charge < -0.3 is 10.5 Å². The van der Waals surface area contributed by atoms with E-state index in [0.717, 1.165) is 0 Å². The zero-order valence-electron chi connectivity index (χ0n) is 9.15. The van der Waals surface area contributed by atoms with Crippen molar-refractivity contribution < 1.29 is 4.74 Å². The van der Waals surface area contributed by atoms with E-state index in [1.54, 1.807) is 36.4 Å². The van der Waals surface area contributed by atoms with Crippen LogP contribution in [0.2, 0.25) is 10.0 Å². The van der Waals surface area contributed by atoms with Crippen molar-refractivity contribution in [3.63, 3.8) is 0 Å². The van der Waals surface area contributed by atoms with Gasteiger partial charge in [0.05, 0.1) is 15.6 Å². The molecule has 2 N–H and O–H groups in total. The average Bonchev–Trinajstić information content (AvgIpc) is 2.34. The largest absolute Gasteiger partial charge is 0.456 e. The number of benzene rings is 2. The Hall–Kier alpha value is -1.89. The zero-order chi connectivity index (χ0) is 13.1. The normalized spacial score (nSPS) is 9.83. The van der Waals surface area contributed by atoms with Crippen LogP contribution < -0.4 is 10.5 Å². The van der Waals surface area contributed by atoms with Gasteiger partial charge in [-0.2, -0.15) is 5.26 Å². The summed E-state index contributed by atoms with van der Waals surface area (Å²) in [5, 5.41) is 9.54. The van der Waals surface area contributed by atoms with Crippen LogP contribution in [0.4, 0.5) is 5.69 Å². The van der Waals surface area contributed by atoms with Gasteiger partial charge in [0.2, 0.25) is 0 Å². The molecule has 0 spiro atoms. The minimum Gasteiger partial charge on any atom is -0.456 e. The molecule has 0 saturated heterocycles. The maximum atomic E-state index is 8.77. The van der Waals surface area contributed by atoms with Crippen LogP contribution in [0, 0.1) is 11.3 Å². The molecule has 2 rings (SSSR count). The van der Waals surface area contributed by atoms with Crippen LogP contribution >= 0.6 is 23.2 Å². The molecule has 0 fully saturated rings. The SMILES string of the molecule is N#Cc1ccc(Oc2cc(N)ccc2Cl)cc1Cl. The van der Waals surface area contributed by atoms with Crippen molar-refractivity contribution in [1.29, 1.82) is 5.26 Å². The molecule has 0 aliphatic heterocycles. The van der Waals surface area contributed by atoms with Crippen molar-refractivity contribution in [2.45, 2.75) is 0 Å². The Labute approximate surface area is 114 Å². The highest BCUT2D eigenvalue weighted by atomic mass is 35.5. The predicted molar refractivity (Wildman–Crippen MR) is 72.1 cm³/mol. The molecule has 0 saturated carbocycles. The summed E-state index contributed by atoms with van der Waals surface area (Å²) in [5.74, 6) is 0.934. The van der Waals surface area contributed by atoms with Crippen LogP contribution in [0.15, 0.2) is 36.4 Å². The second-order valence-corrected chi connectivity index (χ2v) is 4.36. The van der Waals surface area contributed by atoms with Crippen LogP contribution in [0.3, 0.4) is 0 Å². The van der Waals surface area contributed by atoms with E-state index < -0.39 is 0 Å². The highest BCUT2D eigenvalue weighted by molar-refractivity contribution is 6.32. The van der Waals surface area contributed by atoms with E-state index >= 15 is 0 Å². The van der Waals surface area contributed by atoms with E-state index in [2.05, 4.69) is 0 Å². The molecule has 5 heteroatoms. The molecule has 0 aliphatic rings. The van der Waals surface area contributed by atoms with E-state index in [9.17, 15) is 0 Å². The fraction of sp³-hybridized carbons (Fsp3) is 0. The Morgan fingerprint density at radius 3 is 2.50 bits per heavy atom.